The van der Waals surface area contributed by atoms with Crippen molar-refractivity contribution >= 4 is 48.3 Å². The molecule has 1 amide bonds. The van der Waals surface area contributed by atoms with E-state index in [0.717, 1.165) is 38.9 Å². The van der Waals surface area contributed by atoms with E-state index in [2.05, 4.69) is 14.9 Å². The first kappa shape index (κ1) is 23.7. The minimum Gasteiger partial charge on any atom is -0.480 e. The standard InChI is InChI=1S/C20H30N6O3S.ClH/c1-20(2)15(18(28)29)26-16(27)14(17(26)30-20)23-12-24-9-5-13(6-10-24)4-3-8-25-11-7-22-19(25)21;/h7,11-15,17H,3-6,8-10H2,1-2H3,(H2,21,22)(H,28,29);1H/t14-,15+,17-;/m1./s1. The Morgan fingerprint density at radius 2 is 2.13 bits per heavy atom. The van der Waals surface area contributed by atoms with Crippen molar-refractivity contribution in [3.05, 3.63) is 12.4 Å². The number of thioether (sulfide) groups is 1. The summed E-state index contributed by atoms with van der Waals surface area (Å²) in [5, 5.41) is 9.33. The van der Waals surface area contributed by atoms with Crippen molar-refractivity contribution in [2.24, 2.45) is 10.9 Å². The number of hydrogen-bond donors (Lipinski definition) is 2. The van der Waals surface area contributed by atoms with Gasteiger partial charge in [-0.15, -0.1) is 24.2 Å². The number of piperidine rings is 1. The number of nitrogens with zero attached hydrogens (tertiary/aromatic N) is 5. The number of rotatable bonds is 7. The Morgan fingerprint density at radius 1 is 1.42 bits per heavy atom. The van der Waals surface area contributed by atoms with Crippen molar-refractivity contribution in [1.29, 1.82) is 0 Å². The van der Waals surface area contributed by atoms with Gasteiger partial charge in [0, 0.05) is 36.8 Å². The molecule has 3 saturated heterocycles. The van der Waals surface area contributed by atoms with E-state index in [0.29, 0.717) is 11.9 Å². The highest BCUT2D eigenvalue weighted by atomic mass is 35.5. The van der Waals surface area contributed by atoms with Crippen molar-refractivity contribution in [2.45, 2.75) is 68.3 Å². The van der Waals surface area contributed by atoms with E-state index in [1.165, 1.54) is 23.1 Å². The molecule has 3 aliphatic heterocycles. The molecule has 0 bridgehead atoms. The van der Waals surface area contributed by atoms with Crippen LogP contribution in [0.1, 0.15) is 39.5 Å². The van der Waals surface area contributed by atoms with Gasteiger partial charge in [-0.1, -0.05) is 0 Å². The lowest BCUT2D eigenvalue weighted by atomic mass is 9.92. The Balaban J connectivity index is 0.00000272. The van der Waals surface area contributed by atoms with Crippen LogP contribution in [0.2, 0.25) is 0 Å². The third kappa shape index (κ3) is 4.64. The maximum Gasteiger partial charge on any atom is 0.327 e. The third-order valence-corrected chi connectivity index (χ3v) is 8.00. The van der Waals surface area contributed by atoms with Gasteiger partial charge >= 0.3 is 5.97 Å². The van der Waals surface area contributed by atoms with E-state index in [9.17, 15) is 14.7 Å². The molecule has 1 aromatic heterocycles. The van der Waals surface area contributed by atoms with E-state index in [1.807, 2.05) is 30.9 Å². The van der Waals surface area contributed by atoms with Gasteiger partial charge in [-0.3, -0.25) is 9.79 Å². The van der Waals surface area contributed by atoms with Gasteiger partial charge in [0.1, 0.15) is 11.4 Å². The summed E-state index contributed by atoms with van der Waals surface area (Å²) in [6.45, 7) is 6.55. The molecule has 1 aromatic rings. The molecule has 172 valence electrons. The number of carbonyl (C=O) groups excluding carboxylic acids is 1. The van der Waals surface area contributed by atoms with Crippen LogP contribution in [0.15, 0.2) is 17.4 Å². The van der Waals surface area contributed by atoms with Crippen LogP contribution >= 0.6 is 24.2 Å². The summed E-state index contributed by atoms with van der Waals surface area (Å²) < 4.78 is 1.48. The van der Waals surface area contributed by atoms with Crippen molar-refractivity contribution in [3.63, 3.8) is 0 Å². The number of nitrogens with two attached hydrogens (primary N) is 1. The van der Waals surface area contributed by atoms with Gasteiger partial charge in [0.15, 0.2) is 12.0 Å². The molecule has 0 radical (unpaired) electrons. The number of carboxylic acid groups (broad SMARTS) is 1. The molecule has 0 saturated carbocycles. The Morgan fingerprint density at radius 3 is 2.74 bits per heavy atom. The molecule has 0 unspecified atom stereocenters. The van der Waals surface area contributed by atoms with Crippen LogP contribution in [0, 0.1) is 5.92 Å². The van der Waals surface area contributed by atoms with Gasteiger partial charge in [-0.25, -0.2) is 9.78 Å². The van der Waals surface area contributed by atoms with Gasteiger partial charge in [0.05, 0.1) is 6.34 Å². The number of fused-ring (bicyclic) bond motifs is 1. The van der Waals surface area contributed by atoms with Crippen molar-refractivity contribution < 1.29 is 14.7 Å². The summed E-state index contributed by atoms with van der Waals surface area (Å²) in [5.74, 6) is 0.158. The molecule has 0 aromatic carbocycles. The average molecular weight is 471 g/mol. The number of nitrogen functional groups attached to an aromatic ring is 1. The topological polar surface area (TPSA) is 117 Å². The molecule has 3 N–H and O–H groups in total. The average Bonchev–Trinajstić information content (AvgIpc) is 3.21. The number of aryl methyl sites for hydroxylation is 1. The normalized spacial score (nSPS) is 27.8. The second kappa shape index (κ2) is 9.28. The minimum absolute atomic E-state index is 0. The van der Waals surface area contributed by atoms with E-state index < -0.39 is 22.8 Å². The number of amides is 1. The Bertz CT molecular complexity index is 839. The molecule has 3 aliphatic rings. The van der Waals surface area contributed by atoms with Gasteiger partial charge in [0.25, 0.3) is 5.91 Å². The predicted octanol–water partition coefficient (Wildman–Crippen LogP) is 1.92. The van der Waals surface area contributed by atoms with Crippen LogP contribution < -0.4 is 5.73 Å². The first-order valence-electron chi connectivity index (χ1n) is 10.5. The molecule has 4 rings (SSSR count). The maximum absolute atomic E-state index is 12.5. The molecule has 0 aliphatic carbocycles. The predicted molar refractivity (Wildman–Crippen MR) is 123 cm³/mol. The van der Waals surface area contributed by atoms with Gasteiger partial charge in [-0.2, -0.15) is 0 Å². The van der Waals surface area contributed by atoms with Crippen LogP contribution in [0.4, 0.5) is 5.95 Å². The Labute approximate surface area is 192 Å². The fourth-order valence-electron chi connectivity index (χ4n) is 4.73. The number of imidazole rings is 1. The molecular formula is C20H31ClN6O3S. The van der Waals surface area contributed by atoms with E-state index in [4.69, 9.17) is 5.73 Å². The lowest BCUT2D eigenvalue weighted by Crippen LogP contribution is -2.65. The van der Waals surface area contributed by atoms with Crippen molar-refractivity contribution in [1.82, 2.24) is 19.4 Å². The summed E-state index contributed by atoms with van der Waals surface area (Å²) >= 11 is 1.54. The fourth-order valence-corrected chi connectivity index (χ4v) is 6.35. The van der Waals surface area contributed by atoms with Gasteiger partial charge < -0.3 is 25.2 Å². The zero-order valence-corrected chi connectivity index (χ0v) is 19.5. The Hall–Kier alpha value is -1.94. The number of halogens is 1. The number of aromatic nitrogens is 2. The Kier molecular flexibility index (Phi) is 7.10. The molecule has 31 heavy (non-hydrogen) atoms. The second-order valence-corrected chi connectivity index (χ2v) is 10.7. The van der Waals surface area contributed by atoms with Crippen LogP contribution in [0.25, 0.3) is 0 Å². The second-order valence-electron chi connectivity index (χ2n) is 8.91. The molecule has 0 spiro atoms. The van der Waals surface area contributed by atoms with Crippen LogP contribution in [-0.2, 0) is 16.1 Å². The van der Waals surface area contributed by atoms with Crippen molar-refractivity contribution in [2.75, 3.05) is 18.8 Å². The lowest BCUT2D eigenvalue weighted by Gasteiger charge is -2.41. The molecule has 4 heterocycles. The summed E-state index contributed by atoms with van der Waals surface area (Å²) in [7, 11) is 0. The number of hydrogen-bond acceptors (Lipinski definition) is 6. The lowest BCUT2D eigenvalue weighted by molar-refractivity contribution is -0.158. The number of β-lactam (4-membered cyclic amide) rings is 1. The van der Waals surface area contributed by atoms with E-state index in [-0.39, 0.29) is 23.7 Å². The third-order valence-electron chi connectivity index (χ3n) is 6.45. The van der Waals surface area contributed by atoms with Crippen LogP contribution in [-0.4, -0.2) is 78.0 Å². The molecule has 9 nitrogen and oxygen atoms in total. The van der Waals surface area contributed by atoms with Gasteiger partial charge in [0.2, 0.25) is 0 Å². The smallest absolute Gasteiger partial charge is 0.327 e. The molecule has 3 atom stereocenters. The quantitative estimate of drug-likeness (QED) is 0.355. The minimum atomic E-state index is -0.941. The first-order chi connectivity index (χ1) is 14.3. The highest BCUT2D eigenvalue weighted by Gasteiger charge is 2.63. The highest BCUT2D eigenvalue weighted by molar-refractivity contribution is 8.01. The number of anilines is 1. The van der Waals surface area contributed by atoms with Crippen molar-refractivity contribution in [3.8, 4) is 0 Å². The number of aliphatic imine (C=N–C) groups is 1. The van der Waals surface area contributed by atoms with Gasteiger partial charge in [-0.05, 0) is 45.4 Å². The zero-order chi connectivity index (χ0) is 21.5. The maximum atomic E-state index is 12.5. The molecule has 11 heteroatoms. The number of carboxylic acids is 1. The monoisotopic (exact) mass is 470 g/mol. The SMILES string of the molecule is CC1(C)S[C@@H]2[C@H](N=CN3CCC(CCCn4ccnc4N)CC3)C(=O)N2[C@H]1C(=O)O.Cl. The largest absolute Gasteiger partial charge is 0.480 e. The van der Waals surface area contributed by atoms with Crippen LogP contribution in [0.5, 0.6) is 0 Å². The first-order valence-corrected chi connectivity index (χ1v) is 11.4. The van der Waals surface area contributed by atoms with E-state index >= 15 is 0 Å². The van der Waals surface area contributed by atoms with Crippen LogP contribution in [0.3, 0.4) is 0 Å². The zero-order valence-electron chi connectivity index (χ0n) is 17.9. The fraction of sp³-hybridized carbons (Fsp3) is 0.700. The summed E-state index contributed by atoms with van der Waals surface area (Å²) in [5.41, 5.74) is 5.80. The number of aliphatic carboxylic acids is 1. The van der Waals surface area contributed by atoms with E-state index in [1.54, 1.807) is 6.20 Å². The molecule has 3 fully saturated rings. The number of carbonyl (C=O) groups is 2. The summed E-state index contributed by atoms with van der Waals surface area (Å²) in [6, 6.07) is -1.24. The summed E-state index contributed by atoms with van der Waals surface area (Å²) in [6.07, 6.45) is 9.94. The number of likely N-dealkylation sites (tertiary alicyclic amines) is 1. The highest BCUT2D eigenvalue weighted by Crippen LogP contribution is 2.51. The molecular weight excluding hydrogens is 440 g/mol. The summed E-state index contributed by atoms with van der Waals surface area (Å²) in [4.78, 5) is 36.4.